The van der Waals surface area contributed by atoms with Crippen molar-refractivity contribution < 1.29 is 27.5 Å². The maximum absolute atomic E-state index is 12.2. The van der Waals surface area contributed by atoms with E-state index in [-0.39, 0.29) is 23.6 Å². The molecule has 24 heavy (non-hydrogen) atoms. The molecule has 2 amide bonds. The number of aromatic nitrogens is 1. The van der Waals surface area contributed by atoms with Crippen LogP contribution in [-0.4, -0.2) is 47.6 Å². The molecule has 1 N–H and O–H groups in total. The maximum Gasteiger partial charge on any atom is 0.422 e. The average Bonchev–Trinajstić information content (AvgIpc) is 2.53. The van der Waals surface area contributed by atoms with Crippen LogP contribution in [0.1, 0.15) is 19.8 Å². The van der Waals surface area contributed by atoms with Crippen LogP contribution in [0, 0.1) is 5.92 Å². The van der Waals surface area contributed by atoms with E-state index in [1.807, 2.05) is 0 Å². The van der Waals surface area contributed by atoms with E-state index in [0.717, 1.165) is 0 Å². The Morgan fingerprint density at radius 1 is 1.33 bits per heavy atom. The minimum Gasteiger partial charge on any atom is -0.468 e. The fourth-order valence-electron chi connectivity index (χ4n) is 2.40. The Morgan fingerprint density at radius 2 is 2.00 bits per heavy atom. The van der Waals surface area contributed by atoms with Gasteiger partial charge in [0.15, 0.2) is 6.61 Å². The van der Waals surface area contributed by atoms with Crippen molar-refractivity contribution in [2.45, 2.75) is 25.9 Å². The van der Waals surface area contributed by atoms with Gasteiger partial charge in [-0.15, -0.1) is 0 Å². The van der Waals surface area contributed by atoms with Gasteiger partial charge >= 0.3 is 6.18 Å². The quantitative estimate of drug-likeness (QED) is 0.908. The molecular formula is C15H18F3N3O3. The Kier molecular flexibility index (Phi) is 5.63. The third-order valence-corrected chi connectivity index (χ3v) is 3.70. The number of rotatable bonds is 4. The molecule has 1 aliphatic heterocycles. The molecule has 0 aliphatic carbocycles. The third kappa shape index (κ3) is 5.39. The van der Waals surface area contributed by atoms with Gasteiger partial charge in [-0.1, -0.05) is 0 Å². The number of nitrogens with one attached hydrogen (secondary N) is 1. The van der Waals surface area contributed by atoms with E-state index in [2.05, 4.69) is 15.0 Å². The molecule has 0 unspecified atom stereocenters. The van der Waals surface area contributed by atoms with Crippen LogP contribution in [0.3, 0.4) is 0 Å². The first kappa shape index (κ1) is 18.0. The van der Waals surface area contributed by atoms with Crippen molar-refractivity contribution >= 4 is 17.5 Å². The SMILES string of the molecule is CC(=O)N1CCC(C(=O)Nc2ccc(OCC(F)(F)F)nc2)CC1. The number of hydrogen-bond donors (Lipinski definition) is 1. The number of ether oxygens (including phenoxy) is 1. The van der Waals surface area contributed by atoms with Gasteiger partial charge in [-0.05, 0) is 18.9 Å². The van der Waals surface area contributed by atoms with E-state index in [1.54, 1.807) is 4.90 Å². The summed E-state index contributed by atoms with van der Waals surface area (Å²) in [5, 5.41) is 2.67. The summed E-state index contributed by atoms with van der Waals surface area (Å²) in [6.45, 7) is 1.15. The minimum atomic E-state index is -4.43. The number of halogens is 3. The Balaban J connectivity index is 1.83. The van der Waals surface area contributed by atoms with Gasteiger partial charge in [0.2, 0.25) is 17.7 Å². The number of likely N-dealkylation sites (tertiary alicyclic amines) is 1. The summed E-state index contributed by atoms with van der Waals surface area (Å²) in [6, 6.07) is 2.70. The number of pyridine rings is 1. The lowest BCUT2D eigenvalue weighted by atomic mass is 9.96. The van der Waals surface area contributed by atoms with Gasteiger partial charge in [0.25, 0.3) is 0 Å². The van der Waals surface area contributed by atoms with Crippen molar-refractivity contribution in [3.8, 4) is 5.88 Å². The molecule has 0 aromatic carbocycles. The lowest BCUT2D eigenvalue weighted by molar-refractivity contribution is -0.154. The van der Waals surface area contributed by atoms with Crippen LogP contribution in [0.25, 0.3) is 0 Å². The Morgan fingerprint density at radius 3 is 2.50 bits per heavy atom. The van der Waals surface area contributed by atoms with Gasteiger partial charge in [0.1, 0.15) is 0 Å². The van der Waals surface area contributed by atoms with Crippen LogP contribution in [0.4, 0.5) is 18.9 Å². The van der Waals surface area contributed by atoms with Gasteiger partial charge in [-0.2, -0.15) is 13.2 Å². The highest BCUT2D eigenvalue weighted by Gasteiger charge is 2.29. The average molecular weight is 345 g/mol. The largest absolute Gasteiger partial charge is 0.468 e. The number of carbonyl (C=O) groups is 2. The van der Waals surface area contributed by atoms with Gasteiger partial charge in [-0.3, -0.25) is 9.59 Å². The third-order valence-electron chi connectivity index (χ3n) is 3.70. The van der Waals surface area contributed by atoms with E-state index in [1.165, 1.54) is 25.3 Å². The molecule has 1 saturated heterocycles. The normalized spacial score (nSPS) is 15.9. The highest BCUT2D eigenvalue weighted by molar-refractivity contribution is 5.92. The molecule has 2 rings (SSSR count). The highest BCUT2D eigenvalue weighted by Crippen LogP contribution is 2.21. The summed E-state index contributed by atoms with van der Waals surface area (Å²) >= 11 is 0. The summed E-state index contributed by atoms with van der Waals surface area (Å²) in [5.41, 5.74) is 0.383. The van der Waals surface area contributed by atoms with Crippen molar-refractivity contribution in [3.63, 3.8) is 0 Å². The zero-order valence-corrected chi connectivity index (χ0v) is 13.1. The van der Waals surface area contributed by atoms with E-state index < -0.39 is 12.8 Å². The topological polar surface area (TPSA) is 71.5 Å². The molecule has 1 aliphatic rings. The van der Waals surface area contributed by atoms with E-state index >= 15 is 0 Å². The van der Waals surface area contributed by atoms with E-state index in [9.17, 15) is 22.8 Å². The Labute approximate surface area is 137 Å². The molecule has 0 radical (unpaired) electrons. The first-order chi connectivity index (χ1) is 11.2. The number of hydrogen-bond acceptors (Lipinski definition) is 4. The number of carbonyl (C=O) groups excluding carboxylic acids is 2. The second kappa shape index (κ2) is 7.50. The molecule has 1 aromatic heterocycles. The molecule has 9 heteroatoms. The molecule has 0 bridgehead atoms. The number of piperidine rings is 1. The standard InChI is InChI=1S/C15H18F3N3O3/c1-10(22)21-6-4-11(5-7-21)14(23)20-12-2-3-13(19-8-12)24-9-15(16,17)18/h2-3,8,11H,4-7,9H2,1H3,(H,20,23). The first-order valence-electron chi connectivity index (χ1n) is 7.46. The monoisotopic (exact) mass is 345 g/mol. The summed E-state index contributed by atoms with van der Waals surface area (Å²) in [4.78, 5) is 28.8. The van der Waals surface area contributed by atoms with Crippen molar-refractivity contribution in [1.29, 1.82) is 0 Å². The number of nitrogens with zero attached hydrogens (tertiary/aromatic N) is 2. The van der Waals surface area contributed by atoms with Crippen LogP contribution < -0.4 is 10.1 Å². The Hall–Kier alpha value is -2.32. The zero-order chi connectivity index (χ0) is 17.7. The van der Waals surface area contributed by atoms with E-state index in [4.69, 9.17) is 0 Å². The van der Waals surface area contributed by atoms with Crippen molar-refractivity contribution in [1.82, 2.24) is 9.88 Å². The molecule has 1 aromatic rings. The summed E-state index contributed by atoms with van der Waals surface area (Å²) in [6.07, 6.45) is -2.03. The summed E-state index contributed by atoms with van der Waals surface area (Å²) in [7, 11) is 0. The first-order valence-corrected chi connectivity index (χ1v) is 7.46. The molecule has 2 heterocycles. The van der Waals surface area contributed by atoms with Crippen molar-refractivity contribution in [3.05, 3.63) is 18.3 Å². The molecule has 0 spiro atoms. The lowest BCUT2D eigenvalue weighted by Crippen LogP contribution is -2.40. The zero-order valence-electron chi connectivity index (χ0n) is 13.1. The predicted molar refractivity (Wildman–Crippen MR) is 79.4 cm³/mol. The van der Waals surface area contributed by atoms with Gasteiger partial charge in [0, 0.05) is 32.0 Å². The Bertz CT molecular complexity index is 582. The molecule has 6 nitrogen and oxygen atoms in total. The molecule has 0 saturated carbocycles. The smallest absolute Gasteiger partial charge is 0.422 e. The highest BCUT2D eigenvalue weighted by atomic mass is 19.4. The van der Waals surface area contributed by atoms with Gasteiger partial charge in [0.05, 0.1) is 11.9 Å². The van der Waals surface area contributed by atoms with Crippen molar-refractivity contribution in [2.24, 2.45) is 5.92 Å². The second-order valence-electron chi connectivity index (χ2n) is 5.56. The number of alkyl halides is 3. The molecule has 132 valence electrons. The van der Waals surface area contributed by atoms with Crippen molar-refractivity contribution in [2.75, 3.05) is 25.0 Å². The van der Waals surface area contributed by atoms with Gasteiger partial charge in [-0.25, -0.2) is 4.98 Å². The van der Waals surface area contributed by atoms with Crippen LogP contribution >= 0.6 is 0 Å². The maximum atomic E-state index is 12.2. The lowest BCUT2D eigenvalue weighted by Gasteiger charge is -2.30. The summed E-state index contributed by atoms with van der Waals surface area (Å²) in [5.74, 6) is -0.571. The van der Waals surface area contributed by atoms with E-state index in [0.29, 0.717) is 31.6 Å². The number of anilines is 1. The molecular weight excluding hydrogens is 327 g/mol. The predicted octanol–water partition coefficient (Wildman–Crippen LogP) is 2.22. The van der Waals surface area contributed by atoms with Crippen LogP contribution in [-0.2, 0) is 9.59 Å². The van der Waals surface area contributed by atoms with Crippen LogP contribution in [0.2, 0.25) is 0 Å². The fraction of sp³-hybridized carbons (Fsp3) is 0.533. The van der Waals surface area contributed by atoms with Gasteiger partial charge < -0.3 is 15.0 Å². The second-order valence-corrected chi connectivity index (χ2v) is 5.56. The van der Waals surface area contributed by atoms with Crippen LogP contribution in [0.15, 0.2) is 18.3 Å². The molecule has 1 fully saturated rings. The van der Waals surface area contributed by atoms with Crippen LogP contribution in [0.5, 0.6) is 5.88 Å². The minimum absolute atomic E-state index is 0.00694. The molecule has 0 atom stereocenters. The fourth-order valence-corrected chi connectivity index (χ4v) is 2.40. The summed E-state index contributed by atoms with van der Waals surface area (Å²) < 4.78 is 40.6. The number of amides is 2.